The van der Waals surface area contributed by atoms with Crippen LogP contribution in [-0.4, -0.2) is 7.11 Å². The summed E-state index contributed by atoms with van der Waals surface area (Å²) in [5.41, 5.74) is 8.28. The van der Waals surface area contributed by atoms with Gasteiger partial charge in [0.1, 0.15) is 5.75 Å². The van der Waals surface area contributed by atoms with Gasteiger partial charge in [-0.15, -0.1) is 0 Å². The van der Waals surface area contributed by atoms with E-state index in [9.17, 15) is 0 Å². The Morgan fingerprint density at radius 1 is 1.50 bits per heavy atom. The molecule has 1 aromatic carbocycles. The zero-order chi connectivity index (χ0) is 9.14. The molecule has 0 spiro atoms. The highest BCUT2D eigenvalue weighted by Crippen LogP contribution is 2.26. The van der Waals surface area contributed by atoms with E-state index in [-0.39, 0.29) is 0 Å². The molecule has 0 aromatic heterocycles. The van der Waals surface area contributed by atoms with Crippen molar-refractivity contribution in [2.75, 3.05) is 12.8 Å². The van der Waals surface area contributed by atoms with Crippen molar-refractivity contribution in [2.24, 2.45) is 0 Å². The monoisotopic (exact) mass is 163 g/mol. The molecule has 0 saturated heterocycles. The number of hydrogen-bond acceptors (Lipinski definition) is 2. The Balaban J connectivity index is 3.21. The number of nitrogens with two attached hydrogens (primary N) is 1. The number of allylic oxidation sites excluding steroid dienone is 1. The quantitative estimate of drug-likeness (QED) is 0.679. The Morgan fingerprint density at radius 2 is 2.17 bits per heavy atom. The molecule has 1 rings (SSSR count). The van der Waals surface area contributed by atoms with Crippen molar-refractivity contribution in [2.45, 2.75) is 6.92 Å². The Hall–Kier alpha value is -1.44. The highest BCUT2D eigenvalue weighted by Gasteiger charge is 2.02. The fourth-order valence-corrected chi connectivity index (χ4v) is 1.06. The lowest BCUT2D eigenvalue weighted by Crippen LogP contribution is -1.92. The molecule has 0 atom stereocenters. The fourth-order valence-electron chi connectivity index (χ4n) is 1.06. The first-order chi connectivity index (χ1) is 5.65. The van der Waals surface area contributed by atoms with Gasteiger partial charge in [-0.1, -0.05) is 6.58 Å². The molecule has 0 amide bonds. The van der Waals surface area contributed by atoms with Gasteiger partial charge in [-0.2, -0.15) is 0 Å². The topological polar surface area (TPSA) is 35.2 Å². The molecular weight excluding hydrogens is 150 g/mol. The summed E-state index contributed by atoms with van der Waals surface area (Å²) in [5.74, 6) is 0.816. The minimum absolute atomic E-state index is 0.730. The summed E-state index contributed by atoms with van der Waals surface area (Å²) in [6.45, 7) is 5.77. The van der Waals surface area contributed by atoms with Crippen molar-refractivity contribution in [1.82, 2.24) is 0 Å². The smallest absolute Gasteiger partial charge is 0.126 e. The van der Waals surface area contributed by atoms with E-state index in [2.05, 4.69) is 6.58 Å². The second-order valence-corrected chi connectivity index (χ2v) is 2.74. The second kappa shape index (κ2) is 3.30. The number of benzene rings is 1. The lowest BCUT2D eigenvalue weighted by Gasteiger charge is -2.08. The zero-order valence-electron chi connectivity index (χ0n) is 7.42. The van der Waals surface area contributed by atoms with Crippen LogP contribution in [0.25, 0.3) is 5.57 Å². The maximum Gasteiger partial charge on any atom is 0.126 e. The van der Waals surface area contributed by atoms with Crippen molar-refractivity contribution in [3.05, 3.63) is 30.3 Å². The van der Waals surface area contributed by atoms with Crippen molar-refractivity contribution in [3.63, 3.8) is 0 Å². The van der Waals surface area contributed by atoms with Crippen LogP contribution in [0.3, 0.4) is 0 Å². The third-order valence-electron chi connectivity index (χ3n) is 1.68. The largest absolute Gasteiger partial charge is 0.496 e. The molecular formula is C10H13NO. The average molecular weight is 163 g/mol. The maximum atomic E-state index is 5.62. The van der Waals surface area contributed by atoms with Crippen LogP contribution >= 0.6 is 0 Å². The number of hydrogen-bond donors (Lipinski definition) is 1. The first-order valence-electron chi connectivity index (χ1n) is 3.74. The summed E-state index contributed by atoms with van der Waals surface area (Å²) in [6, 6.07) is 5.52. The first kappa shape index (κ1) is 8.65. The normalized spacial score (nSPS) is 9.50. The minimum atomic E-state index is 0.730. The van der Waals surface area contributed by atoms with Gasteiger partial charge in [0.15, 0.2) is 0 Å². The van der Waals surface area contributed by atoms with Gasteiger partial charge >= 0.3 is 0 Å². The lowest BCUT2D eigenvalue weighted by atomic mass is 10.1. The van der Waals surface area contributed by atoms with Crippen LogP contribution in [0.1, 0.15) is 12.5 Å². The summed E-state index contributed by atoms with van der Waals surface area (Å²) in [4.78, 5) is 0. The molecule has 2 heteroatoms. The standard InChI is InChI=1S/C10H13NO/c1-7(2)9-6-8(11)4-5-10(9)12-3/h4-6H,1,11H2,2-3H3. The predicted octanol–water partition coefficient (Wildman–Crippen LogP) is 2.31. The summed E-state index contributed by atoms with van der Waals surface area (Å²) >= 11 is 0. The van der Waals surface area contributed by atoms with Crippen molar-refractivity contribution in [3.8, 4) is 5.75 Å². The summed E-state index contributed by atoms with van der Waals surface area (Å²) in [5, 5.41) is 0. The fraction of sp³-hybridized carbons (Fsp3) is 0.200. The molecule has 0 fully saturated rings. The summed E-state index contributed by atoms with van der Waals surface area (Å²) in [6.07, 6.45) is 0. The maximum absolute atomic E-state index is 5.62. The van der Waals surface area contributed by atoms with Crippen molar-refractivity contribution in [1.29, 1.82) is 0 Å². The van der Waals surface area contributed by atoms with Crippen LogP contribution in [0.15, 0.2) is 24.8 Å². The van der Waals surface area contributed by atoms with Gasteiger partial charge in [-0.25, -0.2) is 0 Å². The average Bonchev–Trinajstić information content (AvgIpc) is 2.04. The van der Waals surface area contributed by atoms with Crippen molar-refractivity contribution >= 4 is 11.3 Å². The van der Waals surface area contributed by atoms with E-state index in [1.54, 1.807) is 7.11 Å². The molecule has 1 aromatic rings. The molecule has 2 nitrogen and oxygen atoms in total. The van der Waals surface area contributed by atoms with Crippen LogP contribution in [-0.2, 0) is 0 Å². The van der Waals surface area contributed by atoms with Gasteiger partial charge in [0, 0.05) is 11.3 Å². The Morgan fingerprint density at radius 3 is 2.67 bits per heavy atom. The van der Waals surface area contributed by atoms with Gasteiger partial charge in [-0.3, -0.25) is 0 Å². The zero-order valence-corrected chi connectivity index (χ0v) is 7.42. The third-order valence-corrected chi connectivity index (χ3v) is 1.68. The van der Waals surface area contributed by atoms with Crippen LogP contribution in [0, 0.1) is 0 Å². The van der Waals surface area contributed by atoms with E-state index in [0.717, 1.165) is 22.6 Å². The van der Waals surface area contributed by atoms with Gasteiger partial charge in [0.2, 0.25) is 0 Å². The third kappa shape index (κ3) is 1.59. The van der Waals surface area contributed by atoms with E-state index < -0.39 is 0 Å². The highest BCUT2D eigenvalue weighted by molar-refractivity contribution is 5.70. The first-order valence-corrected chi connectivity index (χ1v) is 3.74. The Kier molecular flexibility index (Phi) is 2.38. The predicted molar refractivity (Wildman–Crippen MR) is 52.1 cm³/mol. The Labute approximate surface area is 72.7 Å². The Bertz CT molecular complexity index is 305. The van der Waals surface area contributed by atoms with Gasteiger partial charge in [0.25, 0.3) is 0 Å². The van der Waals surface area contributed by atoms with Crippen LogP contribution in [0.5, 0.6) is 5.75 Å². The number of rotatable bonds is 2. The number of methoxy groups -OCH3 is 1. The molecule has 0 aliphatic heterocycles. The molecule has 0 saturated carbocycles. The molecule has 0 bridgehead atoms. The van der Waals surface area contributed by atoms with Crippen molar-refractivity contribution < 1.29 is 4.74 Å². The molecule has 0 heterocycles. The van der Waals surface area contributed by atoms with Gasteiger partial charge in [0.05, 0.1) is 7.11 Å². The summed E-state index contributed by atoms with van der Waals surface area (Å²) in [7, 11) is 1.64. The molecule has 0 unspecified atom stereocenters. The molecule has 0 aliphatic rings. The molecule has 0 aliphatic carbocycles. The van der Waals surface area contributed by atoms with E-state index in [1.807, 2.05) is 25.1 Å². The highest BCUT2D eigenvalue weighted by atomic mass is 16.5. The van der Waals surface area contributed by atoms with Gasteiger partial charge < -0.3 is 10.5 Å². The van der Waals surface area contributed by atoms with Crippen LogP contribution in [0.2, 0.25) is 0 Å². The molecule has 12 heavy (non-hydrogen) atoms. The minimum Gasteiger partial charge on any atom is -0.496 e. The number of anilines is 1. The summed E-state index contributed by atoms with van der Waals surface area (Å²) < 4.78 is 5.15. The van der Waals surface area contributed by atoms with E-state index in [4.69, 9.17) is 10.5 Å². The van der Waals surface area contributed by atoms with Crippen LogP contribution in [0.4, 0.5) is 5.69 Å². The molecule has 64 valence electrons. The number of nitrogen functional groups attached to an aromatic ring is 1. The van der Waals surface area contributed by atoms with Crippen LogP contribution < -0.4 is 10.5 Å². The van der Waals surface area contributed by atoms with E-state index in [0.29, 0.717) is 0 Å². The van der Waals surface area contributed by atoms with E-state index >= 15 is 0 Å². The SMILES string of the molecule is C=C(C)c1cc(N)ccc1OC. The van der Waals surface area contributed by atoms with Gasteiger partial charge in [-0.05, 0) is 30.7 Å². The number of ether oxygens (including phenoxy) is 1. The molecule has 2 N–H and O–H groups in total. The molecule has 0 radical (unpaired) electrons. The van der Waals surface area contributed by atoms with E-state index in [1.165, 1.54) is 0 Å². The lowest BCUT2D eigenvalue weighted by molar-refractivity contribution is 0.413. The second-order valence-electron chi connectivity index (χ2n) is 2.74.